The van der Waals surface area contributed by atoms with Crippen molar-refractivity contribution in [1.29, 1.82) is 0 Å². The van der Waals surface area contributed by atoms with E-state index < -0.39 is 18.3 Å². The van der Waals surface area contributed by atoms with Gasteiger partial charge in [0.1, 0.15) is 5.15 Å². The first-order valence-corrected chi connectivity index (χ1v) is 6.13. The first kappa shape index (κ1) is 13.6. The number of furan rings is 1. The minimum absolute atomic E-state index is 0.0136. The number of nitrogens with zero attached hydrogens (tertiary/aromatic N) is 2. The third-order valence-electron chi connectivity index (χ3n) is 3.01. The van der Waals surface area contributed by atoms with Gasteiger partial charge in [-0.3, -0.25) is 0 Å². The monoisotopic (exact) mass is 312 g/mol. The first-order chi connectivity index (χ1) is 9.99. The van der Waals surface area contributed by atoms with Crippen LogP contribution in [0.15, 0.2) is 35.1 Å². The molecule has 3 aromatic rings. The maximum atomic E-state index is 12.9. The Morgan fingerprint density at radius 1 is 1.43 bits per heavy atom. The summed E-state index contributed by atoms with van der Waals surface area (Å²) in [5.41, 5.74) is 0.351. The highest BCUT2D eigenvalue weighted by Crippen LogP contribution is 2.35. The van der Waals surface area contributed by atoms with Gasteiger partial charge in [0.05, 0.1) is 17.5 Å². The van der Waals surface area contributed by atoms with Crippen LogP contribution in [-0.2, 0) is 0 Å². The van der Waals surface area contributed by atoms with E-state index in [0.717, 1.165) is 10.8 Å². The number of hydrogen-bond acceptors (Lipinski definition) is 3. The molecule has 0 aliphatic carbocycles. The van der Waals surface area contributed by atoms with Gasteiger partial charge < -0.3 is 9.52 Å². The van der Waals surface area contributed by atoms with Gasteiger partial charge in [-0.05, 0) is 12.1 Å². The Morgan fingerprint density at radius 2 is 2.19 bits per heavy atom. The largest absolute Gasteiger partial charge is 0.464 e. The van der Waals surface area contributed by atoms with Gasteiger partial charge in [0.15, 0.2) is 5.76 Å². The number of fused-ring (bicyclic) bond motifs is 1. The van der Waals surface area contributed by atoms with Crippen molar-refractivity contribution in [3.63, 3.8) is 0 Å². The lowest BCUT2D eigenvalue weighted by Gasteiger charge is -2.05. The number of hydrogen-bond donors (Lipinski definition) is 1. The number of rotatable bonds is 2. The van der Waals surface area contributed by atoms with Crippen molar-refractivity contribution < 1.29 is 23.1 Å². The second kappa shape index (κ2) is 4.85. The Morgan fingerprint density at radius 3 is 2.86 bits per heavy atom. The standard InChI is InChI=1S/C13H7ClF2N2O3/c14-10-4-8-6(5-17-10)3-9(18(8)13(19)20)7-1-2-21-11(7)12(15)16/h1-5,12H,(H,19,20). The Hall–Kier alpha value is -2.41. The first-order valence-electron chi connectivity index (χ1n) is 5.75. The SMILES string of the molecule is O=C(O)n1c(-c2ccoc2C(F)F)cc2cnc(Cl)cc21. The lowest BCUT2D eigenvalue weighted by molar-refractivity contribution is 0.122. The topological polar surface area (TPSA) is 68.3 Å². The summed E-state index contributed by atoms with van der Waals surface area (Å²) in [6.07, 6.45) is -1.70. The third kappa shape index (κ3) is 2.15. The number of pyridine rings is 1. The molecular formula is C13H7ClF2N2O3. The van der Waals surface area contributed by atoms with Crippen molar-refractivity contribution in [2.75, 3.05) is 0 Å². The van der Waals surface area contributed by atoms with E-state index in [-0.39, 0.29) is 21.9 Å². The minimum Gasteiger partial charge on any atom is -0.464 e. The molecule has 0 fully saturated rings. The summed E-state index contributed by atoms with van der Waals surface area (Å²) in [6.45, 7) is 0. The fraction of sp³-hybridized carbons (Fsp3) is 0.0769. The summed E-state index contributed by atoms with van der Waals surface area (Å²) in [4.78, 5) is 15.3. The Bertz CT molecular complexity index is 841. The zero-order chi connectivity index (χ0) is 15.1. The zero-order valence-electron chi connectivity index (χ0n) is 10.3. The number of carbonyl (C=O) groups is 1. The smallest absolute Gasteiger partial charge is 0.416 e. The van der Waals surface area contributed by atoms with Crippen molar-refractivity contribution in [3.05, 3.63) is 41.6 Å². The normalized spacial score (nSPS) is 11.4. The molecule has 0 saturated carbocycles. The highest BCUT2D eigenvalue weighted by Gasteiger charge is 2.24. The van der Waals surface area contributed by atoms with Crippen LogP contribution in [-0.4, -0.2) is 20.8 Å². The van der Waals surface area contributed by atoms with E-state index in [0.29, 0.717) is 5.39 Å². The van der Waals surface area contributed by atoms with Crippen molar-refractivity contribution in [2.45, 2.75) is 6.43 Å². The van der Waals surface area contributed by atoms with E-state index in [1.165, 1.54) is 24.4 Å². The van der Waals surface area contributed by atoms with Gasteiger partial charge in [-0.25, -0.2) is 23.1 Å². The number of carboxylic acid groups (broad SMARTS) is 1. The molecule has 3 aromatic heterocycles. The summed E-state index contributed by atoms with van der Waals surface area (Å²) in [5, 5.41) is 9.93. The molecule has 8 heteroatoms. The second-order valence-electron chi connectivity index (χ2n) is 4.21. The summed E-state index contributed by atoms with van der Waals surface area (Å²) >= 11 is 5.76. The molecular weight excluding hydrogens is 306 g/mol. The molecule has 0 aromatic carbocycles. The molecule has 0 aliphatic rings. The molecule has 0 amide bonds. The fourth-order valence-electron chi connectivity index (χ4n) is 2.18. The molecule has 21 heavy (non-hydrogen) atoms. The molecule has 0 saturated heterocycles. The van der Waals surface area contributed by atoms with Crippen LogP contribution in [0, 0.1) is 0 Å². The van der Waals surface area contributed by atoms with Gasteiger partial charge in [0, 0.05) is 23.2 Å². The van der Waals surface area contributed by atoms with Crippen LogP contribution < -0.4 is 0 Å². The molecule has 3 heterocycles. The van der Waals surface area contributed by atoms with Gasteiger partial charge in [-0.1, -0.05) is 11.6 Å². The molecule has 108 valence electrons. The average molecular weight is 313 g/mol. The fourth-order valence-corrected chi connectivity index (χ4v) is 2.34. The lowest BCUT2D eigenvalue weighted by atomic mass is 10.2. The molecule has 1 N–H and O–H groups in total. The van der Waals surface area contributed by atoms with Crippen molar-refractivity contribution in [1.82, 2.24) is 9.55 Å². The van der Waals surface area contributed by atoms with Crippen LogP contribution in [0.5, 0.6) is 0 Å². The summed E-state index contributed by atoms with van der Waals surface area (Å²) in [5.74, 6) is -0.584. The molecule has 3 rings (SSSR count). The van der Waals surface area contributed by atoms with Gasteiger partial charge in [-0.15, -0.1) is 0 Å². The maximum absolute atomic E-state index is 12.9. The van der Waals surface area contributed by atoms with Crippen molar-refractivity contribution >= 4 is 28.6 Å². The maximum Gasteiger partial charge on any atom is 0.416 e. The van der Waals surface area contributed by atoms with E-state index in [4.69, 9.17) is 16.0 Å². The van der Waals surface area contributed by atoms with Crippen LogP contribution in [0.4, 0.5) is 13.6 Å². The van der Waals surface area contributed by atoms with E-state index in [1.54, 1.807) is 0 Å². The molecule has 0 atom stereocenters. The Labute approximate surface area is 121 Å². The Kier molecular flexibility index (Phi) is 3.13. The summed E-state index contributed by atoms with van der Waals surface area (Å²) in [6, 6.07) is 4.10. The highest BCUT2D eigenvalue weighted by atomic mass is 35.5. The third-order valence-corrected chi connectivity index (χ3v) is 3.22. The van der Waals surface area contributed by atoms with Crippen molar-refractivity contribution in [3.8, 4) is 11.3 Å². The van der Waals surface area contributed by atoms with Gasteiger partial charge in [0.25, 0.3) is 6.43 Å². The van der Waals surface area contributed by atoms with Crippen LogP contribution in [0.25, 0.3) is 22.2 Å². The van der Waals surface area contributed by atoms with Gasteiger partial charge in [-0.2, -0.15) is 0 Å². The quantitative estimate of drug-likeness (QED) is 0.711. The van der Waals surface area contributed by atoms with Gasteiger partial charge >= 0.3 is 6.09 Å². The Balaban J connectivity index is 2.34. The number of halogens is 3. The molecule has 0 bridgehead atoms. The van der Waals surface area contributed by atoms with Crippen molar-refractivity contribution in [2.24, 2.45) is 0 Å². The minimum atomic E-state index is -2.85. The van der Waals surface area contributed by atoms with E-state index in [2.05, 4.69) is 4.98 Å². The predicted molar refractivity (Wildman–Crippen MR) is 70.8 cm³/mol. The molecule has 5 nitrogen and oxygen atoms in total. The summed E-state index contributed by atoms with van der Waals surface area (Å²) < 4.78 is 31.4. The number of alkyl halides is 2. The molecule has 0 radical (unpaired) electrons. The van der Waals surface area contributed by atoms with Crippen LogP contribution >= 0.6 is 11.6 Å². The molecule has 0 spiro atoms. The lowest BCUT2D eigenvalue weighted by Crippen LogP contribution is -2.09. The summed E-state index contributed by atoms with van der Waals surface area (Å²) in [7, 11) is 0. The molecule has 0 unspecified atom stereocenters. The van der Waals surface area contributed by atoms with Gasteiger partial charge in [0.2, 0.25) is 0 Å². The van der Waals surface area contributed by atoms with E-state index in [9.17, 15) is 18.7 Å². The zero-order valence-corrected chi connectivity index (χ0v) is 11.0. The average Bonchev–Trinajstić information content (AvgIpc) is 3.01. The van der Waals surface area contributed by atoms with Crippen LogP contribution in [0.1, 0.15) is 12.2 Å². The number of aromatic nitrogens is 2. The van der Waals surface area contributed by atoms with E-state index in [1.807, 2.05) is 0 Å². The highest BCUT2D eigenvalue weighted by molar-refractivity contribution is 6.30. The second-order valence-corrected chi connectivity index (χ2v) is 4.60. The van der Waals surface area contributed by atoms with Crippen LogP contribution in [0.3, 0.4) is 0 Å². The predicted octanol–water partition coefficient (Wildman–Crippen LogP) is 4.41. The van der Waals surface area contributed by atoms with Crippen LogP contribution in [0.2, 0.25) is 5.15 Å². The van der Waals surface area contributed by atoms with E-state index >= 15 is 0 Å². The molecule has 0 aliphatic heterocycles.